The van der Waals surface area contributed by atoms with Crippen LogP contribution in [0.4, 0.5) is 0 Å². The van der Waals surface area contributed by atoms with Crippen LogP contribution in [0.5, 0.6) is 0 Å². The zero-order valence-corrected chi connectivity index (χ0v) is 12.9. The molecule has 0 bridgehead atoms. The summed E-state index contributed by atoms with van der Waals surface area (Å²) in [6.07, 6.45) is 5.70. The normalized spacial score (nSPS) is 17.6. The maximum absolute atomic E-state index is 12.2. The molecule has 1 aromatic heterocycles. The van der Waals surface area contributed by atoms with Crippen LogP contribution in [-0.4, -0.2) is 17.0 Å². The first kappa shape index (κ1) is 13.7. The lowest BCUT2D eigenvalue weighted by Gasteiger charge is -2.38. The van der Waals surface area contributed by atoms with Crippen molar-refractivity contribution in [3.63, 3.8) is 0 Å². The minimum absolute atomic E-state index is 0.0301. The SMILES string of the molecule is CC(C)n1cc(Br)cc1C(=O)NCC1(C)CCC1. The lowest BCUT2D eigenvalue weighted by atomic mass is 9.70. The smallest absolute Gasteiger partial charge is 0.267 e. The van der Waals surface area contributed by atoms with E-state index in [1.807, 2.05) is 16.8 Å². The fraction of sp³-hybridized carbons (Fsp3) is 0.643. The molecule has 1 aliphatic rings. The van der Waals surface area contributed by atoms with Gasteiger partial charge in [-0.2, -0.15) is 0 Å². The third kappa shape index (κ3) is 2.79. The number of nitrogens with zero attached hydrogens (tertiary/aromatic N) is 1. The van der Waals surface area contributed by atoms with Gasteiger partial charge in [-0.25, -0.2) is 0 Å². The molecule has 1 aliphatic carbocycles. The van der Waals surface area contributed by atoms with Crippen LogP contribution in [-0.2, 0) is 0 Å². The molecule has 0 saturated heterocycles. The van der Waals surface area contributed by atoms with Gasteiger partial charge in [0.2, 0.25) is 0 Å². The second kappa shape index (κ2) is 5.08. The largest absolute Gasteiger partial charge is 0.350 e. The number of nitrogens with one attached hydrogen (secondary N) is 1. The molecule has 3 nitrogen and oxygen atoms in total. The van der Waals surface area contributed by atoms with E-state index in [1.54, 1.807) is 0 Å². The number of halogens is 1. The summed E-state index contributed by atoms with van der Waals surface area (Å²) < 4.78 is 2.96. The van der Waals surface area contributed by atoms with Crippen molar-refractivity contribution in [2.45, 2.75) is 46.1 Å². The minimum atomic E-state index is 0.0301. The zero-order valence-electron chi connectivity index (χ0n) is 11.3. The molecule has 0 spiro atoms. The van der Waals surface area contributed by atoms with Gasteiger partial charge in [0, 0.05) is 23.3 Å². The number of hydrogen-bond acceptors (Lipinski definition) is 1. The van der Waals surface area contributed by atoms with Crippen LogP contribution in [0.3, 0.4) is 0 Å². The number of amides is 1. The average Bonchev–Trinajstić information content (AvgIpc) is 2.66. The lowest BCUT2D eigenvalue weighted by Crippen LogP contribution is -2.40. The predicted octanol–water partition coefficient (Wildman–Crippen LogP) is 3.75. The summed E-state index contributed by atoms with van der Waals surface area (Å²) in [5, 5.41) is 3.07. The van der Waals surface area contributed by atoms with E-state index in [2.05, 4.69) is 42.0 Å². The van der Waals surface area contributed by atoms with Crippen LogP contribution in [0, 0.1) is 5.41 Å². The quantitative estimate of drug-likeness (QED) is 0.902. The van der Waals surface area contributed by atoms with Gasteiger partial charge in [0.1, 0.15) is 5.69 Å². The molecule has 0 unspecified atom stereocenters. The van der Waals surface area contributed by atoms with Gasteiger partial charge in [-0.05, 0) is 54.1 Å². The van der Waals surface area contributed by atoms with Crippen molar-refractivity contribution in [2.75, 3.05) is 6.54 Å². The van der Waals surface area contributed by atoms with Crippen molar-refractivity contribution in [1.82, 2.24) is 9.88 Å². The third-order valence-electron chi connectivity index (χ3n) is 3.84. The fourth-order valence-corrected chi connectivity index (χ4v) is 2.83. The summed E-state index contributed by atoms with van der Waals surface area (Å²) in [4.78, 5) is 12.2. The molecule has 1 saturated carbocycles. The van der Waals surface area contributed by atoms with Crippen molar-refractivity contribution >= 4 is 21.8 Å². The lowest BCUT2D eigenvalue weighted by molar-refractivity contribution is 0.0880. The van der Waals surface area contributed by atoms with Crippen LogP contribution < -0.4 is 5.32 Å². The molecule has 0 radical (unpaired) electrons. The highest BCUT2D eigenvalue weighted by Gasteiger charge is 2.32. The second-order valence-electron chi connectivity index (χ2n) is 5.89. The first-order valence-corrected chi connectivity index (χ1v) is 7.36. The molecule has 1 fully saturated rings. The van der Waals surface area contributed by atoms with Crippen molar-refractivity contribution < 1.29 is 4.79 Å². The summed E-state index contributed by atoms with van der Waals surface area (Å²) in [7, 11) is 0. The number of hydrogen-bond donors (Lipinski definition) is 1. The molecule has 18 heavy (non-hydrogen) atoms. The van der Waals surface area contributed by atoms with E-state index in [9.17, 15) is 4.79 Å². The molecule has 4 heteroatoms. The molecular weight excluding hydrogens is 292 g/mol. The van der Waals surface area contributed by atoms with Crippen molar-refractivity contribution in [2.24, 2.45) is 5.41 Å². The molecule has 100 valence electrons. The van der Waals surface area contributed by atoms with Crippen LogP contribution in [0.15, 0.2) is 16.7 Å². The zero-order chi connectivity index (χ0) is 13.3. The van der Waals surface area contributed by atoms with Crippen LogP contribution in [0.1, 0.15) is 56.6 Å². The molecule has 0 aromatic carbocycles. The van der Waals surface area contributed by atoms with Gasteiger partial charge < -0.3 is 9.88 Å². The molecule has 1 heterocycles. The van der Waals surface area contributed by atoms with E-state index in [0.717, 1.165) is 16.7 Å². The molecule has 1 N–H and O–H groups in total. The van der Waals surface area contributed by atoms with E-state index in [0.29, 0.717) is 5.41 Å². The maximum atomic E-state index is 12.2. The van der Waals surface area contributed by atoms with E-state index in [4.69, 9.17) is 0 Å². The Hall–Kier alpha value is -0.770. The van der Waals surface area contributed by atoms with E-state index < -0.39 is 0 Å². The Kier molecular flexibility index (Phi) is 3.85. The summed E-state index contributed by atoms with van der Waals surface area (Å²) in [6.45, 7) is 7.19. The van der Waals surface area contributed by atoms with Gasteiger partial charge in [0.05, 0.1) is 0 Å². The molecule has 0 atom stereocenters. The molecule has 1 amide bonds. The van der Waals surface area contributed by atoms with E-state index in [1.165, 1.54) is 19.3 Å². The van der Waals surface area contributed by atoms with Crippen molar-refractivity contribution in [3.8, 4) is 0 Å². The van der Waals surface area contributed by atoms with E-state index >= 15 is 0 Å². The average molecular weight is 313 g/mol. The Bertz CT molecular complexity index is 447. The van der Waals surface area contributed by atoms with Crippen molar-refractivity contribution in [1.29, 1.82) is 0 Å². The maximum Gasteiger partial charge on any atom is 0.267 e. The number of rotatable bonds is 4. The van der Waals surface area contributed by atoms with Gasteiger partial charge in [0.25, 0.3) is 5.91 Å². The van der Waals surface area contributed by atoms with Gasteiger partial charge in [0.15, 0.2) is 0 Å². The van der Waals surface area contributed by atoms with Crippen LogP contribution >= 0.6 is 15.9 Å². The Morgan fingerprint density at radius 3 is 2.72 bits per heavy atom. The second-order valence-corrected chi connectivity index (χ2v) is 6.81. The summed E-state index contributed by atoms with van der Waals surface area (Å²) in [5.41, 5.74) is 1.06. The Morgan fingerprint density at radius 1 is 1.56 bits per heavy atom. The molecule has 2 rings (SSSR count). The Balaban J connectivity index is 2.04. The van der Waals surface area contributed by atoms with Gasteiger partial charge >= 0.3 is 0 Å². The standard InChI is InChI=1S/C14H21BrN2O/c1-10(2)17-8-11(15)7-12(17)13(18)16-9-14(3)5-4-6-14/h7-8,10H,4-6,9H2,1-3H3,(H,16,18). The Morgan fingerprint density at radius 2 is 2.22 bits per heavy atom. The first-order chi connectivity index (χ1) is 8.41. The minimum Gasteiger partial charge on any atom is -0.350 e. The Labute approximate surface area is 117 Å². The summed E-state index contributed by atoms with van der Waals surface area (Å²) in [5.74, 6) is 0.0301. The summed E-state index contributed by atoms with van der Waals surface area (Å²) >= 11 is 3.43. The highest BCUT2D eigenvalue weighted by atomic mass is 79.9. The predicted molar refractivity (Wildman–Crippen MR) is 76.8 cm³/mol. The molecule has 0 aliphatic heterocycles. The fourth-order valence-electron chi connectivity index (χ4n) is 2.40. The first-order valence-electron chi connectivity index (χ1n) is 6.57. The van der Waals surface area contributed by atoms with Gasteiger partial charge in [-0.3, -0.25) is 4.79 Å². The third-order valence-corrected chi connectivity index (χ3v) is 4.27. The highest BCUT2D eigenvalue weighted by molar-refractivity contribution is 9.10. The number of carbonyl (C=O) groups is 1. The van der Waals surface area contributed by atoms with Crippen molar-refractivity contribution in [3.05, 3.63) is 22.4 Å². The molecular formula is C14H21BrN2O. The van der Waals surface area contributed by atoms with E-state index in [-0.39, 0.29) is 11.9 Å². The van der Waals surface area contributed by atoms with Crippen LogP contribution in [0.2, 0.25) is 0 Å². The highest BCUT2D eigenvalue weighted by Crippen LogP contribution is 2.39. The summed E-state index contributed by atoms with van der Waals surface area (Å²) in [6, 6.07) is 2.18. The monoisotopic (exact) mass is 312 g/mol. The topological polar surface area (TPSA) is 34.0 Å². The number of carbonyl (C=O) groups excluding carboxylic acids is 1. The number of aromatic nitrogens is 1. The van der Waals surface area contributed by atoms with Crippen LogP contribution in [0.25, 0.3) is 0 Å². The molecule has 1 aromatic rings. The van der Waals surface area contributed by atoms with Gasteiger partial charge in [-0.15, -0.1) is 0 Å². The van der Waals surface area contributed by atoms with Gasteiger partial charge in [-0.1, -0.05) is 13.3 Å².